The molecule has 0 saturated heterocycles. The summed E-state index contributed by atoms with van der Waals surface area (Å²) in [7, 11) is 1.21. The number of nitrogens with zero attached hydrogens (tertiary/aromatic N) is 1. The fraction of sp³-hybridized carbons (Fsp3) is 0.364. The predicted octanol–water partition coefficient (Wildman–Crippen LogP) is 2.09. The zero-order valence-electron chi connectivity index (χ0n) is 9.85. The molecule has 0 saturated carbocycles. The summed E-state index contributed by atoms with van der Waals surface area (Å²) >= 11 is 0. The molecule has 1 aromatic carbocycles. The number of esters is 1. The van der Waals surface area contributed by atoms with Gasteiger partial charge in [0.1, 0.15) is 11.3 Å². The molecule has 0 amide bonds. The van der Waals surface area contributed by atoms with Crippen LogP contribution >= 0.6 is 0 Å². The minimum Gasteiger partial charge on any atom is -0.493 e. The largest absolute Gasteiger partial charge is 0.493 e. The van der Waals surface area contributed by atoms with Crippen LogP contribution in [0, 0.1) is 17.0 Å². The maximum Gasteiger partial charge on any atom is 0.341 e. The number of benzene rings is 1. The van der Waals surface area contributed by atoms with E-state index in [1.807, 2.05) is 0 Å². The number of ether oxygens (including phenoxy) is 2. The van der Waals surface area contributed by atoms with Crippen LogP contribution in [0.5, 0.6) is 5.75 Å². The van der Waals surface area contributed by atoms with E-state index >= 15 is 0 Å². The first kappa shape index (κ1) is 13.0. The molecule has 0 aromatic heterocycles. The first-order valence-electron chi connectivity index (χ1n) is 5.01. The highest BCUT2D eigenvalue weighted by molar-refractivity contribution is 5.93. The zero-order chi connectivity index (χ0) is 13.0. The molecule has 1 aromatic rings. The minimum absolute atomic E-state index is 0.0617. The number of carbonyl (C=O) groups excluding carboxylic acids is 1. The van der Waals surface area contributed by atoms with Crippen molar-refractivity contribution in [3.8, 4) is 5.75 Å². The van der Waals surface area contributed by atoms with Crippen molar-refractivity contribution >= 4 is 11.7 Å². The molecule has 0 N–H and O–H groups in total. The molecular formula is C11H13NO5. The van der Waals surface area contributed by atoms with Gasteiger partial charge in [-0.05, 0) is 19.9 Å². The van der Waals surface area contributed by atoms with Crippen LogP contribution < -0.4 is 4.74 Å². The van der Waals surface area contributed by atoms with E-state index in [-0.39, 0.29) is 11.3 Å². The Morgan fingerprint density at radius 2 is 2.12 bits per heavy atom. The number of hydrogen-bond acceptors (Lipinski definition) is 5. The van der Waals surface area contributed by atoms with Crippen LogP contribution in [0.1, 0.15) is 22.8 Å². The van der Waals surface area contributed by atoms with Crippen molar-refractivity contribution < 1.29 is 19.2 Å². The number of methoxy groups -OCH3 is 1. The van der Waals surface area contributed by atoms with Gasteiger partial charge in [-0.15, -0.1) is 0 Å². The number of carbonyl (C=O) groups is 1. The molecule has 6 heteroatoms. The normalized spacial score (nSPS) is 9.82. The summed E-state index contributed by atoms with van der Waals surface area (Å²) in [5, 5.41) is 10.8. The van der Waals surface area contributed by atoms with Crippen LogP contribution in [0.3, 0.4) is 0 Å². The first-order valence-corrected chi connectivity index (χ1v) is 5.01. The molecule has 1 rings (SSSR count). The molecule has 0 fully saturated rings. The molecule has 0 aliphatic rings. The van der Waals surface area contributed by atoms with E-state index in [0.29, 0.717) is 17.9 Å². The van der Waals surface area contributed by atoms with Crippen LogP contribution in [0.4, 0.5) is 5.69 Å². The summed E-state index contributed by atoms with van der Waals surface area (Å²) in [6.07, 6.45) is 0. The minimum atomic E-state index is -0.656. The number of rotatable bonds is 4. The van der Waals surface area contributed by atoms with E-state index in [9.17, 15) is 14.9 Å². The average Bonchev–Trinajstić information content (AvgIpc) is 2.28. The Bertz CT molecular complexity index is 455. The Morgan fingerprint density at radius 3 is 2.59 bits per heavy atom. The van der Waals surface area contributed by atoms with Crippen LogP contribution in [-0.2, 0) is 4.74 Å². The Balaban J connectivity index is 3.36. The van der Waals surface area contributed by atoms with E-state index in [1.54, 1.807) is 13.8 Å². The van der Waals surface area contributed by atoms with Gasteiger partial charge in [0.05, 0.1) is 18.6 Å². The fourth-order valence-electron chi connectivity index (χ4n) is 1.41. The second-order valence-corrected chi connectivity index (χ2v) is 3.32. The molecule has 0 atom stereocenters. The van der Waals surface area contributed by atoms with E-state index < -0.39 is 10.9 Å². The molecule has 0 bridgehead atoms. The molecule has 0 unspecified atom stereocenters. The topological polar surface area (TPSA) is 78.7 Å². The van der Waals surface area contributed by atoms with Gasteiger partial charge in [0.15, 0.2) is 0 Å². The highest BCUT2D eigenvalue weighted by atomic mass is 16.6. The van der Waals surface area contributed by atoms with Gasteiger partial charge in [0.25, 0.3) is 5.69 Å². The lowest BCUT2D eigenvalue weighted by Crippen LogP contribution is -2.07. The Morgan fingerprint density at radius 1 is 1.47 bits per heavy atom. The number of aryl methyl sites for hydroxylation is 1. The van der Waals surface area contributed by atoms with Gasteiger partial charge in [-0.2, -0.15) is 0 Å². The highest BCUT2D eigenvalue weighted by Gasteiger charge is 2.21. The summed E-state index contributed by atoms with van der Waals surface area (Å²) in [5.74, 6) is -0.362. The maximum absolute atomic E-state index is 11.5. The summed E-state index contributed by atoms with van der Waals surface area (Å²) in [4.78, 5) is 21.7. The van der Waals surface area contributed by atoms with Crippen molar-refractivity contribution in [3.63, 3.8) is 0 Å². The number of nitro groups is 1. The van der Waals surface area contributed by atoms with Crippen molar-refractivity contribution in [1.29, 1.82) is 0 Å². The number of hydrogen-bond donors (Lipinski definition) is 0. The molecule has 0 heterocycles. The molecule has 0 spiro atoms. The van der Waals surface area contributed by atoms with Crippen molar-refractivity contribution in [2.75, 3.05) is 13.7 Å². The fourth-order valence-corrected chi connectivity index (χ4v) is 1.41. The molecule has 92 valence electrons. The van der Waals surface area contributed by atoms with Crippen LogP contribution in [-0.4, -0.2) is 24.6 Å². The quantitative estimate of drug-likeness (QED) is 0.456. The Labute approximate surface area is 98.3 Å². The summed E-state index contributed by atoms with van der Waals surface area (Å²) in [5.41, 5.74) is 0.367. The van der Waals surface area contributed by atoms with Crippen molar-refractivity contribution in [2.24, 2.45) is 0 Å². The molecule has 6 nitrogen and oxygen atoms in total. The molecule has 0 aliphatic carbocycles. The average molecular weight is 239 g/mol. The Hall–Kier alpha value is -2.11. The molecule has 17 heavy (non-hydrogen) atoms. The van der Waals surface area contributed by atoms with E-state index in [0.717, 1.165) is 0 Å². The second kappa shape index (κ2) is 5.29. The van der Waals surface area contributed by atoms with Crippen LogP contribution in [0.15, 0.2) is 12.1 Å². The van der Waals surface area contributed by atoms with Gasteiger partial charge in [-0.25, -0.2) is 4.79 Å². The predicted molar refractivity (Wildman–Crippen MR) is 60.3 cm³/mol. The summed E-state index contributed by atoms with van der Waals surface area (Å²) in [6.45, 7) is 3.71. The lowest BCUT2D eigenvalue weighted by atomic mass is 10.1. The van der Waals surface area contributed by atoms with E-state index in [1.165, 1.54) is 19.2 Å². The monoisotopic (exact) mass is 239 g/mol. The van der Waals surface area contributed by atoms with Gasteiger partial charge in [-0.3, -0.25) is 10.1 Å². The zero-order valence-corrected chi connectivity index (χ0v) is 9.85. The van der Waals surface area contributed by atoms with Gasteiger partial charge >= 0.3 is 5.97 Å². The first-order chi connectivity index (χ1) is 8.01. The van der Waals surface area contributed by atoms with Gasteiger partial charge in [0, 0.05) is 11.6 Å². The standard InChI is InChI=1S/C11H13NO5/c1-4-17-10-5-7(2)9(12(14)15)6-8(10)11(13)16-3/h5-6H,4H2,1-3H3. The SMILES string of the molecule is CCOc1cc(C)c([N+](=O)[O-])cc1C(=O)OC. The Kier molecular flexibility index (Phi) is 4.03. The third-order valence-electron chi connectivity index (χ3n) is 2.20. The van der Waals surface area contributed by atoms with E-state index in [4.69, 9.17) is 4.74 Å². The lowest BCUT2D eigenvalue weighted by molar-refractivity contribution is -0.385. The third kappa shape index (κ3) is 2.72. The second-order valence-electron chi connectivity index (χ2n) is 3.32. The van der Waals surface area contributed by atoms with Crippen LogP contribution in [0.25, 0.3) is 0 Å². The summed E-state index contributed by atoms with van der Waals surface area (Å²) in [6, 6.07) is 2.64. The van der Waals surface area contributed by atoms with Gasteiger partial charge < -0.3 is 9.47 Å². The van der Waals surface area contributed by atoms with E-state index in [2.05, 4.69) is 4.74 Å². The maximum atomic E-state index is 11.5. The van der Waals surface area contributed by atoms with Gasteiger partial charge in [-0.1, -0.05) is 0 Å². The summed E-state index contributed by atoms with van der Waals surface area (Å²) < 4.78 is 9.81. The number of nitro benzene ring substituents is 1. The smallest absolute Gasteiger partial charge is 0.341 e. The lowest BCUT2D eigenvalue weighted by Gasteiger charge is -2.09. The van der Waals surface area contributed by atoms with Crippen molar-refractivity contribution in [1.82, 2.24) is 0 Å². The third-order valence-corrected chi connectivity index (χ3v) is 2.20. The molecular weight excluding hydrogens is 226 g/mol. The van der Waals surface area contributed by atoms with Crippen molar-refractivity contribution in [3.05, 3.63) is 33.4 Å². The van der Waals surface area contributed by atoms with Crippen molar-refractivity contribution in [2.45, 2.75) is 13.8 Å². The molecule has 0 radical (unpaired) electrons. The highest BCUT2D eigenvalue weighted by Crippen LogP contribution is 2.28. The van der Waals surface area contributed by atoms with Crippen LogP contribution in [0.2, 0.25) is 0 Å². The van der Waals surface area contributed by atoms with Gasteiger partial charge in [0.2, 0.25) is 0 Å². The molecule has 0 aliphatic heterocycles.